The number of halogens is 1. The second-order valence-corrected chi connectivity index (χ2v) is 4.89. The quantitative estimate of drug-likeness (QED) is 0.589. The fraction of sp³-hybridized carbons (Fsp3) is 0.0667. The van der Waals surface area contributed by atoms with Gasteiger partial charge in [-0.3, -0.25) is 9.59 Å². The van der Waals surface area contributed by atoms with Gasteiger partial charge in [-0.1, -0.05) is 29.8 Å². The molecule has 2 rings (SSSR count). The topological polar surface area (TPSA) is 84.2 Å². The van der Waals surface area contributed by atoms with Crippen LogP contribution in [0, 0.1) is 6.92 Å². The summed E-state index contributed by atoms with van der Waals surface area (Å²) < 4.78 is 0. The Hall–Kier alpha value is -2.53. The van der Waals surface area contributed by atoms with Gasteiger partial charge in [0, 0.05) is 0 Å². The van der Waals surface area contributed by atoms with Gasteiger partial charge in [0.2, 0.25) is 0 Å². The van der Waals surface area contributed by atoms with Gasteiger partial charge in [-0.25, -0.2) is 0 Å². The van der Waals surface area contributed by atoms with Gasteiger partial charge in [-0.05, 0) is 36.8 Å². The van der Waals surface area contributed by atoms with Crippen LogP contribution < -0.4 is 16.4 Å². The predicted molar refractivity (Wildman–Crippen MR) is 84.3 cm³/mol. The number of aryl methyl sites for hydroxylation is 1. The maximum absolute atomic E-state index is 11.9. The molecule has 2 aromatic carbocycles. The van der Waals surface area contributed by atoms with Gasteiger partial charge < -0.3 is 16.4 Å². The minimum Gasteiger partial charge on any atom is -0.397 e. The third-order valence-electron chi connectivity index (χ3n) is 2.79. The van der Waals surface area contributed by atoms with Crippen LogP contribution in [0.3, 0.4) is 0 Å². The summed E-state index contributed by atoms with van der Waals surface area (Å²) in [6.07, 6.45) is 0. The fourth-order valence-corrected chi connectivity index (χ4v) is 1.88. The second-order valence-electron chi connectivity index (χ2n) is 4.48. The van der Waals surface area contributed by atoms with Crippen molar-refractivity contribution in [3.05, 3.63) is 53.1 Å². The molecule has 0 spiro atoms. The number of hydrogen-bond acceptors (Lipinski definition) is 3. The average molecular weight is 304 g/mol. The number of para-hydroxylation sites is 1. The van der Waals surface area contributed by atoms with E-state index in [0.717, 1.165) is 5.56 Å². The molecule has 0 radical (unpaired) electrons. The first-order valence-electron chi connectivity index (χ1n) is 6.20. The highest BCUT2D eigenvalue weighted by Crippen LogP contribution is 2.21. The van der Waals surface area contributed by atoms with Crippen molar-refractivity contribution in [3.63, 3.8) is 0 Å². The summed E-state index contributed by atoms with van der Waals surface area (Å²) in [5, 5.41) is 5.27. The van der Waals surface area contributed by atoms with E-state index in [9.17, 15) is 9.59 Å². The molecular weight excluding hydrogens is 290 g/mol. The number of carbonyl (C=O) groups excluding carboxylic acids is 2. The van der Waals surface area contributed by atoms with E-state index in [2.05, 4.69) is 10.6 Å². The molecule has 0 aliphatic heterocycles. The van der Waals surface area contributed by atoms with E-state index < -0.39 is 11.8 Å². The lowest BCUT2D eigenvalue weighted by atomic mass is 10.2. The lowest BCUT2D eigenvalue weighted by Gasteiger charge is -2.10. The number of nitrogen functional groups attached to an aromatic ring is 1. The maximum atomic E-state index is 11.9. The van der Waals surface area contributed by atoms with E-state index in [1.807, 2.05) is 13.0 Å². The highest BCUT2D eigenvalue weighted by atomic mass is 35.5. The van der Waals surface area contributed by atoms with Crippen LogP contribution >= 0.6 is 11.6 Å². The van der Waals surface area contributed by atoms with Crippen LogP contribution in [-0.4, -0.2) is 11.8 Å². The Kier molecular flexibility index (Phi) is 4.45. The Morgan fingerprint density at radius 1 is 1.00 bits per heavy atom. The third kappa shape index (κ3) is 3.73. The number of nitrogens with one attached hydrogen (secondary N) is 2. The van der Waals surface area contributed by atoms with E-state index in [4.69, 9.17) is 17.3 Å². The van der Waals surface area contributed by atoms with Gasteiger partial charge in [0.15, 0.2) is 0 Å². The van der Waals surface area contributed by atoms with Crippen LogP contribution in [0.1, 0.15) is 5.56 Å². The van der Waals surface area contributed by atoms with Crippen molar-refractivity contribution in [1.82, 2.24) is 0 Å². The monoisotopic (exact) mass is 303 g/mol. The molecule has 0 aliphatic rings. The largest absolute Gasteiger partial charge is 0.397 e. The zero-order valence-corrected chi connectivity index (χ0v) is 12.1. The Labute approximate surface area is 127 Å². The van der Waals surface area contributed by atoms with Crippen molar-refractivity contribution in [1.29, 1.82) is 0 Å². The zero-order valence-electron chi connectivity index (χ0n) is 11.3. The van der Waals surface area contributed by atoms with Gasteiger partial charge >= 0.3 is 11.8 Å². The summed E-state index contributed by atoms with van der Waals surface area (Å²) in [6, 6.07) is 11.8. The van der Waals surface area contributed by atoms with E-state index in [-0.39, 0.29) is 0 Å². The van der Waals surface area contributed by atoms with Crippen molar-refractivity contribution >= 4 is 40.5 Å². The van der Waals surface area contributed by atoms with Crippen molar-refractivity contribution in [2.24, 2.45) is 0 Å². The number of hydrogen-bond donors (Lipinski definition) is 3. The number of anilines is 3. The van der Waals surface area contributed by atoms with Crippen LogP contribution in [-0.2, 0) is 9.59 Å². The first kappa shape index (κ1) is 14.9. The number of amides is 2. The Morgan fingerprint density at radius 3 is 2.29 bits per heavy atom. The van der Waals surface area contributed by atoms with Crippen LogP contribution in [0.2, 0.25) is 5.02 Å². The van der Waals surface area contributed by atoms with Crippen molar-refractivity contribution in [3.8, 4) is 0 Å². The van der Waals surface area contributed by atoms with Gasteiger partial charge in [-0.15, -0.1) is 0 Å². The molecule has 21 heavy (non-hydrogen) atoms. The van der Waals surface area contributed by atoms with Crippen LogP contribution in [0.4, 0.5) is 17.1 Å². The molecule has 0 aromatic heterocycles. The summed E-state index contributed by atoms with van der Waals surface area (Å²) in [7, 11) is 0. The number of carbonyl (C=O) groups is 2. The molecule has 0 saturated carbocycles. The van der Waals surface area contributed by atoms with Gasteiger partial charge in [0.1, 0.15) is 0 Å². The van der Waals surface area contributed by atoms with E-state index >= 15 is 0 Å². The summed E-state index contributed by atoms with van der Waals surface area (Å²) in [5.74, 6) is -1.63. The summed E-state index contributed by atoms with van der Waals surface area (Å²) in [4.78, 5) is 23.7. The second kappa shape index (κ2) is 6.28. The molecule has 0 heterocycles. The smallest absolute Gasteiger partial charge is 0.314 e. The molecule has 2 aromatic rings. The van der Waals surface area contributed by atoms with Crippen LogP contribution in [0.5, 0.6) is 0 Å². The summed E-state index contributed by atoms with van der Waals surface area (Å²) in [6.45, 7) is 1.86. The molecule has 0 bridgehead atoms. The molecule has 2 amide bonds. The summed E-state index contributed by atoms with van der Waals surface area (Å²) in [5.41, 5.74) is 7.83. The highest BCUT2D eigenvalue weighted by molar-refractivity contribution is 6.45. The number of rotatable bonds is 2. The van der Waals surface area contributed by atoms with Crippen LogP contribution in [0.25, 0.3) is 0 Å². The molecule has 0 aliphatic carbocycles. The predicted octanol–water partition coefficient (Wildman–Crippen LogP) is 2.81. The van der Waals surface area contributed by atoms with Gasteiger partial charge in [0.05, 0.1) is 22.1 Å². The minimum atomic E-state index is -0.816. The lowest BCUT2D eigenvalue weighted by Crippen LogP contribution is -2.29. The minimum absolute atomic E-state index is 0.355. The highest BCUT2D eigenvalue weighted by Gasteiger charge is 2.16. The zero-order chi connectivity index (χ0) is 15.4. The van der Waals surface area contributed by atoms with Crippen molar-refractivity contribution < 1.29 is 9.59 Å². The molecule has 108 valence electrons. The fourth-order valence-electron chi connectivity index (χ4n) is 1.70. The SMILES string of the molecule is Cc1ccc(N)c(NC(=O)C(=O)Nc2ccccc2Cl)c1. The molecule has 0 atom stereocenters. The van der Waals surface area contributed by atoms with Gasteiger partial charge in [-0.2, -0.15) is 0 Å². The molecular formula is C15H14ClN3O2. The van der Waals surface area contributed by atoms with E-state index in [1.165, 1.54) is 0 Å². The molecule has 5 nitrogen and oxygen atoms in total. The normalized spacial score (nSPS) is 10.0. The Morgan fingerprint density at radius 2 is 1.62 bits per heavy atom. The van der Waals surface area contributed by atoms with E-state index in [0.29, 0.717) is 22.1 Å². The maximum Gasteiger partial charge on any atom is 0.314 e. The number of benzene rings is 2. The molecule has 6 heteroatoms. The van der Waals surface area contributed by atoms with Gasteiger partial charge in [0.25, 0.3) is 0 Å². The Balaban J connectivity index is 2.08. The average Bonchev–Trinajstić information content (AvgIpc) is 2.45. The van der Waals surface area contributed by atoms with E-state index in [1.54, 1.807) is 36.4 Å². The molecule has 0 saturated heterocycles. The summed E-state index contributed by atoms with van der Waals surface area (Å²) >= 11 is 5.91. The Bertz CT molecular complexity index is 701. The third-order valence-corrected chi connectivity index (χ3v) is 3.11. The molecule has 4 N–H and O–H groups in total. The standard InChI is InChI=1S/C15H14ClN3O2/c1-9-6-7-11(17)13(8-9)19-15(21)14(20)18-12-5-3-2-4-10(12)16/h2-8H,17H2,1H3,(H,18,20)(H,19,21). The number of nitrogens with two attached hydrogens (primary N) is 1. The lowest BCUT2D eigenvalue weighted by molar-refractivity contribution is -0.132. The first-order valence-corrected chi connectivity index (χ1v) is 6.58. The first-order chi connectivity index (χ1) is 9.97. The molecule has 0 fully saturated rings. The van der Waals surface area contributed by atoms with Crippen molar-refractivity contribution in [2.45, 2.75) is 6.92 Å². The van der Waals surface area contributed by atoms with Crippen LogP contribution in [0.15, 0.2) is 42.5 Å². The molecule has 0 unspecified atom stereocenters. The van der Waals surface area contributed by atoms with Crippen molar-refractivity contribution in [2.75, 3.05) is 16.4 Å².